The molecule has 0 saturated heterocycles. The average Bonchev–Trinajstić information content (AvgIpc) is 2.70. The molecule has 3 aromatic rings. The summed E-state index contributed by atoms with van der Waals surface area (Å²) in [5, 5.41) is 1.59. The number of nitrogen functional groups attached to an aromatic ring is 1. The Morgan fingerprint density at radius 1 is 0.839 bits per heavy atom. The Morgan fingerprint density at radius 3 is 2.06 bits per heavy atom. The maximum atomic E-state index is 13.1. The molecule has 0 aliphatic rings. The predicted octanol–water partition coefficient (Wildman–Crippen LogP) is 1.76. The van der Waals surface area contributed by atoms with E-state index in [1.165, 1.54) is 12.1 Å². The summed E-state index contributed by atoms with van der Waals surface area (Å²) in [6, 6.07) is 15.1. The molecular formula is C19H20N2O7S3. The molecule has 0 aliphatic carbocycles. The Bertz CT molecular complexity index is 1470. The van der Waals surface area contributed by atoms with E-state index in [1.54, 1.807) is 18.2 Å². The number of fused-ring (bicyclic) bond motifs is 1. The molecule has 0 saturated carbocycles. The van der Waals surface area contributed by atoms with Crippen LogP contribution in [0.3, 0.4) is 0 Å². The molecule has 3 N–H and O–H groups in total. The lowest BCUT2D eigenvalue weighted by Crippen LogP contribution is -2.31. The van der Waals surface area contributed by atoms with Crippen LogP contribution in [0.25, 0.3) is 10.8 Å². The lowest BCUT2D eigenvalue weighted by Gasteiger charge is -2.17. The highest BCUT2D eigenvalue weighted by Crippen LogP contribution is 2.30. The Kier molecular flexibility index (Phi) is 6.13. The van der Waals surface area contributed by atoms with E-state index in [-0.39, 0.29) is 20.4 Å². The molecule has 0 aromatic heterocycles. The van der Waals surface area contributed by atoms with Gasteiger partial charge in [0.25, 0.3) is 10.1 Å². The number of sulfonamides is 1. The molecule has 3 aromatic carbocycles. The summed E-state index contributed by atoms with van der Waals surface area (Å²) in [7, 11) is -11.4. The molecule has 0 spiro atoms. The second-order valence-electron chi connectivity index (χ2n) is 6.82. The number of hydrogen-bond donors (Lipinski definition) is 2. The van der Waals surface area contributed by atoms with Crippen molar-refractivity contribution in [3.63, 3.8) is 0 Å². The molecule has 0 atom stereocenters. The summed E-state index contributed by atoms with van der Waals surface area (Å²) in [4.78, 5) is -0.540. The van der Waals surface area contributed by atoms with Crippen molar-refractivity contribution >= 4 is 46.4 Å². The first kappa shape index (κ1) is 23.2. The summed E-state index contributed by atoms with van der Waals surface area (Å²) in [6.07, 6.45) is 0. The van der Waals surface area contributed by atoms with Crippen LogP contribution in [0.2, 0.25) is 0 Å². The van der Waals surface area contributed by atoms with Gasteiger partial charge in [0, 0.05) is 13.6 Å². The number of anilines is 1. The van der Waals surface area contributed by atoms with E-state index >= 15 is 0 Å². The van der Waals surface area contributed by atoms with Crippen molar-refractivity contribution in [3.05, 3.63) is 60.7 Å². The summed E-state index contributed by atoms with van der Waals surface area (Å²) in [5.74, 6) is -0.785. The van der Waals surface area contributed by atoms with Crippen LogP contribution in [0.15, 0.2) is 75.4 Å². The van der Waals surface area contributed by atoms with Gasteiger partial charge < -0.3 is 5.73 Å². The van der Waals surface area contributed by atoms with Gasteiger partial charge in [-0.15, -0.1) is 0 Å². The molecule has 0 amide bonds. The minimum absolute atomic E-state index is 0.0128. The van der Waals surface area contributed by atoms with Gasteiger partial charge in [-0.1, -0.05) is 30.3 Å². The molecule has 0 radical (unpaired) electrons. The van der Waals surface area contributed by atoms with E-state index in [0.717, 1.165) is 40.3 Å². The van der Waals surface area contributed by atoms with Gasteiger partial charge in [0.15, 0.2) is 0 Å². The molecule has 0 unspecified atom stereocenters. The highest BCUT2D eigenvalue weighted by molar-refractivity contribution is 7.91. The maximum Gasteiger partial charge on any atom is 0.266 e. The monoisotopic (exact) mass is 484 g/mol. The van der Waals surface area contributed by atoms with Crippen LogP contribution in [0.1, 0.15) is 0 Å². The van der Waals surface area contributed by atoms with Gasteiger partial charge >= 0.3 is 0 Å². The van der Waals surface area contributed by atoms with Crippen molar-refractivity contribution in [2.24, 2.45) is 0 Å². The first-order valence-corrected chi connectivity index (χ1v) is 13.4. The molecule has 0 bridgehead atoms. The van der Waals surface area contributed by atoms with Crippen molar-refractivity contribution in [3.8, 4) is 0 Å². The van der Waals surface area contributed by atoms with E-state index in [0.29, 0.717) is 0 Å². The summed E-state index contributed by atoms with van der Waals surface area (Å²) in [5.41, 5.74) is 5.63. The fourth-order valence-corrected chi connectivity index (χ4v) is 6.16. The largest absolute Gasteiger partial charge is 0.398 e. The zero-order valence-corrected chi connectivity index (χ0v) is 18.8. The summed E-state index contributed by atoms with van der Waals surface area (Å²) in [6.45, 7) is -0.488. The number of benzene rings is 3. The minimum atomic E-state index is -4.35. The molecular weight excluding hydrogens is 464 g/mol. The first-order chi connectivity index (χ1) is 14.3. The van der Waals surface area contributed by atoms with Crippen molar-refractivity contribution in [1.82, 2.24) is 4.31 Å². The van der Waals surface area contributed by atoms with Crippen LogP contribution >= 0.6 is 0 Å². The van der Waals surface area contributed by atoms with E-state index in [2.05, 4.69) is 0 Å². The molecule has 3 rings (SSSR count). The molecule has 12 heteroatoms. The summed E-state index contributed by atoms with van der Waals surface area (Å²) < 4.78 is 82.7. The van der Waals surface area contributed by atoms with Crippen LogP contribution in [-0.2, 0) is 30.0 Å². The lowest BCUT2D eigenvalue weighted by atomic mass is 10.1. The molecule has 0 fully saturated rings. The zero-order chi connectivity index (χ0) is 23.0. The standard InChI is InChI=1S/C19H20N2O7S3/c1-21(10-11-29(22,23)24)31(27,28)17-8-9-19(18(20)13-17)30(25,26)16-7-6-14-4-2-3-5-15(14)12-16/h2-9,12-13H,10-11,20H2,1H3,(H,22,23,24). The van der Waals surface area contributed by atoms with E-state index in [9.17, 15) is 25.3 Å². The third-order valence-electron chi connectivity index (χ3n) is 4.67. The van der Waals surface area contributed by atoms with Crippen LogP contribution < -0.4 is 5.73 Å². The molecule has 31 heavy (non-hydrogen) atoms. The SMILES string of the molecule is CN(CCS(=O)(=O)O)S(=O)(=O)c1ccc(S(=O)(=O)c2ccc3ccccc3c2)c(N)c1. The van der Waals surface area contributed by atoms with Crippen LogP contribution in [0, 0.1) is 0 Å². The quantitative estimate of drug-likeness (QED) is 0.380. The van der Waals surface area contributed by atoms with Crippen molar-refractivity contribution in [1.29, 1.82) is 0 Å². The highest BCUT2D eigenvalue weighted by Gasteiger charge is 2.26. The number of rotatable bonds is 7. The van der Waals surface area contributed by atoms with Crippen LogP contribution in [-0.4, -0.2) is 53.5 Å². The molecule has 0 heterocycles. The second kappa shape index (κ2) is 8.20. The highest BCUT2D eigenvalue weighted by atomic mass is 32.2. The number of hydrogen-bond acceptors (Lipinski definition) is 7. The third kappa shape index (κ3) is 4.88. The van der Waals surface area contributed by atoms with Crippen molar-refractivity contribution < 1.29 is 29.8 Å². The van der Waals surface area contributed by atoms with E-state index in [4.69, 9.17) is 10.3 Å². The smallest absolute Gasteiger partial charge is 0.266 e. The molecule has 0 aliphatic heterocycles. The van der Waals surface area contributed by atoms with Crippen LogP contribution in [0.5, 0.6) is 0 Å². The van der Waals surface area contributed by atoms with Gasteiger partial charge in [-0.3, -0.25) is 4.55 Å². The predicted molar refractivity (Wildman–Crippen MR) is 116 cm³/mol. The number of nitrogens with zero attached hydrogens (tertiary/aromatic N) is 1. The van der Waals surface area contributed by atoms with Gasteiger partial charge in [-0.25, -0.2) is 16.8 Å². The summed E-state index contributed by atoms with van der Waals surface area (Å²) >= 11 is 0. The fraction of sp³-hybridized carbons (Fsp3) is 0.158. The number of nitrogens with two attached hydrogens (primary N) is 1. The van der Waals surface area contributed by atoms with Gasteiger partial charge in [0.05, 0.1) is 26.1 Å². The Balaban J connectivity index is 1.97. The lowest BCUT2D eigenvalue weighted by molar-refractivity contribution is 0.459. The Labute approximate surface area is 180 Å². The third-order valence-corrected chi connectivity index (χ3v) is 9.05. The first-order valence-electron chi connectivity index (χ1n) is 8.87. The van der Waals surface area contributed by atoms with Crippen LogP contribution in [0.4, 0.5) is 5.69 Å². The minimum Gasteiger partial charge on any atom is -0.398 e. The average molecular weight is 485 g/mol. The number of sulfone groups is 1. The van der Waals surface area contributed by atoms with Gasteiger partial charge in [-0.2, -0.15) is 12.7 Å². The Morgan fingerprint density at radius 2 is 1.45 bits per heavy atom. The fourth-order valence-electron chi connectivity index (χ4n) is 2.94. The second-order valence-corrected chi connectivity index (χ2v) is 12.4. The zero-order valence-electron chi connectivity index (χ0n) is 16.3. The topological polar surface area (TPSA) is 152 Å². The maximum absolute atomic E-state index is 13.1. The van der Waals surface area contributed by atoms with Crippen molar-refractivity contribution in [2.45, 2.75) is 14.7 Å². The van der Waals surface area contributed by atoms with Gasteiger partial charge in [0.1, 0.15) is 0 Å². The molecule has 9 nitrogen and oxygen atoms in total. The van der Waals surface area contributed by atoms with E-state index < -0.39 is 42.3 Å². The van der Waals surface area contributed by atoms with Crippen molar-refractivity contribution in [2.75, 3.05) is 25.1 Å². The van der Waals surface area contributed by atoms with E-state index in [1.807, 2.05) is 12.1 Å². The van der Waals surface area contributed by atoms with Gasteiger partial charge in [0.2, 0.25) is 19.9 Å². The molecule has 166 valence electrons. The Hall–Kier alpha value is -2.51. The normalized spacial score (nSPS) is 13.0. The van der Waals surface area contributed by atoms with Gasteiger partial charge in [-0.05, 0) is 41.1 Å².